The van der Waals surface area contributed by atoms with E-state index in [1.165, 1.54) is 0 Å². The molecule has 0 aromatic heterocycles. The van der Waals surface area contributed by atoms with Crippen LogP contribution in [0.3, 0.4) is 0 Å². The number of aliphatic carboxylic acids is 1. The molecule has 0 saturated heterocycles. The smallest absolute Gasteiger partial charge is 0.317 e. The van der Waals surface area contributed by atoms with E-state index in [2.05, 4.69) is 12.2 Å². The van der Waals surface area contributed by atoms with Gasteiger partial charge in [0.15, 0.2) is 0 Å². The lowest BCUT2D eigenvalue weighted by Gasteiger charge is -2.17. The van der Waals surface area contributed by atoms with Crippen molar-refractivity contribution in [1.82, 2.24) is 10.2 Å². The van der Waals surface area contributed by atoms with E-state index < -0.39 is 5.97 Å². The van der Waals surface area contributed by atoms with Gasteiger partial charge in [-0.2, -0.15) is 0 Å². The molecule has 0 bridgehead atoms. The number of amides is 1. The van der Waals surface area contributed by atoms with E-state index in [4.69, 9.17) is 5.11 Å². The number of nitrogens with one attached hydrogen (secondary N) is 1. The molecule has 0 radical (unpaired) electrons. The van der Waals surface area contributed by atoms with Crippen LogP contribution in [0.15, 0.2) is 0 Å². The maximum atomic E-state index is 11.3. The van der Waals surface area contributed by atoms with Crippen molar-refractivity contribution in [1.29, 1.82) is 0 Å². The van der Waals surface area contributed by atoms with Gasteiger partial charge in [0.1, 0.15) is 0 Å². The summed E-state index contributed by atoms with van der Waals surface area (Å²) in [4.78, 5) is 23.3. The summed E-state index contributed by atoms with van der Waals surface area (Å²) >= 11 is 0. The predicted octanol–water partition coefficient (Wildman–Crippen LogP) is 0.309. The second-order valence-corrected chi connectivity index (χ2v) is 3.40. The molecule has 15 heavy (non-hydrogen) atoms. The van der Waals surface area contributed by atoms with Crippen molar-refractivity contribution < 1.29 is 14.7 Å². The van der Waals surface area contributed by atoms with Crippen LogP contribution >= 0.6 is 0 Å². The number of nitrogens with zero attached hydrogens (tertiary/aromatic N) is 1. The fourth-order valence-corrected chi connectivity index (χ4v) is 1.13. The van der Waals surface area contributed by atoms with E-state index in [-0.39, 0.29) is 19.0 Å². The zero-order chi connectivity index (χ0) is 11.7. The molecule has 88 valence electrons. The summed E-state index contributed by atoms with van der Waals surface area (Å²) in [6.45, 7) is 5.19. The fourth-order valence-electron chi connectivity index (χ4n) is 1.13. The zero-order valence-electron chi connectivity index (χ0n) is 9.45. The van der Waals surface area contributed by atoms with Crippen molar-refractivity contribution in [2.24, 2.45) is 0 Å². The van der Waals surface area contributed by atoms with Crippen molar-refractivity contribution in [3.63, 3.8) is 0 Å². The number of carboxylic acids is 1. The summed E-state index contributed by atoms with van der Waals surface area (Å²) in [5.41, 5.74) is 0. The molecule has 0 unspecified atom stereocenters. The van der Waals surface area contributed by atoms with Gasteiger partial charge in [0.25, 0.3) is 0 Å². The van der Waals surface area contributed by atoms with Crippen molar-refractivity contribution in [2.45, 2.75) is 26.7 Å². The number of hydrogen-bond donors (Lipinski definition) is 2. The Morgan fingerprint density at radius 3 is 2.40 bits per heavy atom. The van der Waals surface area contributed by atoms with Gasteiger partial charge in [0.05, 0.1) is 13.1 Å². The lowest BCUT2D eigenvalue weighted by atomic mass is 10.3. The average Bonchev–Trinajstić information content (AvgIpc) is 2.16. The summed E-state index contributed by atoms with van der Waals surface area (Å²) in [6.07, 6.45) is 1.99. The fraction of sp³-hybridized carbons (Fsp3) is 0.800. The Morgan fingerprint density at radius 2 is 1.93 bits per heavy atom. The molecule has 0 rings (SSSR count). The number of carbonyl (C=O) groups is 2. The lowest BCUT2D eigenvalue weighted by molar-refractivity contribution is -0.138. The van der Waals surface area contributed by atoms with Crippen LogP contribution in [0.2, 0.25) is 0 Å². The highest BCUT2D eigenvalue weighted by Gasteiger charge is 2.11. The maximum absolute atomic E-state index is 11.3. The van der Waals surface area contributed by atoms with Gasteiger partial charge in [-0.15, -0.1) is 0 Å². The Kier molecular flexibility index (Phi) is 7.62. The Labute approximate surface area is 90.5 Å². The van der Waals surface area contributed by atoms with Crippen LogP contribution in [0, 0.1) is 0 Å². The van der Waals surface area contributed by atoms with E-state index in [1.54, 1.807) is 4.90 Å². The van der Waals surface area contributed by atoms with Gasteiger partial charge >= 0.3 is 5.97 Å². The summed E-state index contributed by atoms with van der Waals surface area (Å²) < 4.78 is 0. The van der Waals surface area contributed by atoms with E-state index in [0.29, 0.717) is 13.1 Å². The minimum absolute atomic E-state index is 0.0856. The van der Waals surface area contributed by atoms with Crippen LogP contribution in [0.5, 0.6) is 0 Å². The quantitative estimate of drug-likeness (QED) is 0.573. The van der Waals surface area contributed by atoms with Gasteiger partial charge in [-0.1, -0.05) is 20.3 Å². The van der Waals surface area contributed by atoms with Crippen molar-refractivity contribution in [2.75, 3.05) is 26.2 Å². The van der Waals surface area contributed by atoms with E-state index >= 15 is 0 Å². The third kappa shape index (κ3) is 7.93. The summed E-state index contributed by atoms with van der Waals surface area (Å²) in [7, 11) is 0. The Balaban J connectivity index is 3.75. The molecule has 0 saturated carbocycles. The Bertz CT molecular complexity index is 207. The zero-order valence-corrected chi connectivity index (χ0v) is 9.45. The third-order valence-corrected chi connectivity index (χ3v) is 2.03. The molecule has 1 amide bonds. The molecule has 0 aliphatic heterocycles. The van der Waals surface area contributed by atoms with E-state index in [1.807, 2.05) is 6.92 Å². The SMILES string of the molecule is CCCCNC(=O)CN(CC)CC(=O)O. The van der Waals surface area contributed by atoms with Crippen LogP contribution < -0.4 is 5.32 Å². The summed E-state index contributed by atoms with van der Waals surface area (Å²) in [5.74, 6) is -1.01. The van der Waals surface area contributed by atoms with Crippen LogP contribution in [0.4, 0.5) is 0 Å². The van der Waals surface area contributed by atoms with Gasteiger partial charge in [-0.05, 0) is 13.0 Å². The Morgan fingerprint density at radius 1 is 1.27 bits per heavy atom. The molecule has 0 aromatic rings. The lowest BCUT2D eigenvalue weighted by Crippen LogP contribution is -2.39. The van der Waals surface area contributed by atoms with Crippen molar-refractivity contribution >= 4 is 11.9 Å². The van der Waals surface area contributed by atoms with Crippen LogP contribution in [0.25, 0.3) is 0 Å². The molecule has 0 fully saturated rings. The topological polar surface area (TPSA) is 69.6 Å². The number of likely N-dealkylation sites (N-methyl/N-ethyl adjacent to an activating group) is 1. The van der Waals surface area contributed by atoms with E-state index in [0.717, 1.165) is 12.8 Å². The predicted molar refractivity (Wildman–Crippen MR) is 57.7 cm³/mol. The number of carboxylic acid groups (broad SMARTS) is 1. The average molecular weight is 216 g/mol. The molecular weight excluding hydrogens is 196 g/mol. The molecule has 0 aliphatic carbocycles. The third-order valence-electron chi connectivity index (χ3n) is 2.03. The highest BCUT2D eigenvalue weighted by molar-refractivity contribution is 5.78. The molecule has 0 heterocycles. The first-order valence-electron chi connectivity index (χ1n) is 5.31. The molecule has 0 atom stereocenters. The monoisotopic (exact) mass is 216 g/mol. The number of carbonyl (C=O) groups excluding carboxylic acids is 1. The first kappa shape index (κ1) is 13.9. The van der Waals surface area contributed by atoms with Crippen LogP contribution in [-0.4, -0.2) is 48.1 Å². The number of hydrogen-bond acceptors (Lipinski definition) is 3. The molecule has 0 spiro atoms. The van der Waals surface area contributed by atoms with Crippen molar-refractivity contribution in [3.05, 3.63) is 0 Å². The summed E-state index contributed by atoms with van der Waals surface area (Å²) in [5, 5.41) is 11.3. The largest absolute Gasteiger partial charge is 0.480 e. The second-order valence-electron chi connectivity index (χ2n) is 3.40. The number of unbranched alkanes of at least 4 members (excludes halogenated alkanes) is 1. The minimum atomic E-state index is -0.904. The first-order valence-corrected chi connectivity index (χ1v) is 5.31. The van der Waals surface area contributed by atoms with Gasteiger partial charge < -0.3 is 10.4 Å². The second kappa shape index (κ2) is 8.23. The summed E-state index contributed by atoms with van der Waals surface area (Å²) in [6, 6.07) is 0. The number of rotatable bonds is 8. The molecule has 5 heteroatoms. The molecular formula is C10H20N2O3. The molecule has 5 nitrogen and oxygen atoms in total. The molecule has 0 aliphatic rings. The maximum Gasteiger partial charge on any atom is 0.317 e. The van der Waals surface area contributed by atoms with Gasteiger partial charge in [-0.25, -0.2) is 0 Å². The van der Waals surface area contributed by atoms with Crippen LogP contribution in [-0.2, 0) is 9.59 Å². The van der Waals surface area contributed by atoms with Gasteiger partial charge in [-0.3, -0.25) is 14.5 Å². The highest BCUT2D eigenvalue weighted by atomic mass is 16.4. The molecule has 0 aromatic carbocycles. The van der Waals surface area contributed by atoms with E-state index in [9.17, 15) is 9.59 Å². The Hall–Kier alpha value is -1.10. The standard InChI is InChI=1S/C10H20N2O3/c1-3-5-6-11-9(13)7-12(4-2)8-10(14)15/h3-8H2,1-2H3,(H,11,13)(H,14,15). The van der Waals surface area contributed by atoms with Crippen LogP contribution in [0.1, 0.15) is 26.7 Å². The van der Waals surface area contributed by atoms with Gasteiger partial charge in [0.2, 0.25) is 5.91 Å². The van der Waals surface area contributed by atoms with Gasteiger partial charge in [0, 0.05) is 6.54 Å². The van der Waals surface area contributed by atoms with Crippen molar-refractivity contribution in [3.8, 4) is 0 Å². The minimum Gasteiger partial charge on any atom is -0.480 e. The first-order chi connectivity index (χ1) is 7.10. The molecule has 2 N–H and O–H groups in total. The highest BCUT2D eigenvalue weighted by Crippen LogP contribution is 1.88. The normalized spacial score (nSPS) is 10.3.